The highest BCUT2D eigenvalue weighted by molar-refractivity contribution is 7.84. The number of nitrogens with zero attached hydrogens (tertiary/aromatic N) is 4. The molecule has 0 amide bonds. The maximum atomic E-state index is 15.1. The highest BCUT2D eigenvalue weighted by atomic mass is 35.5. The molecule has 0 radical (unpaired) electrons. The summed E-state index contributed by atoms with van der Waals surface area (Å²) in [5, 5.41) is 2.32. The lowest BCUT2D eigenvalue weighted by atomic mass is 10.2. The summed E-state index contributed by atoms with van der Waals surface area (Å²) in [6.45, 7) is 10.1. The van der Waals surface area contributed by atoms with Crippen LogP contribution in [0.4, 0.5) is 10.2 Å². The van der Waals surface area contributed by atoms with E-state index in [9.17, 15) is 4.21 Å². The maximum absolute atomic E-state index is 15.1. The number of halogens is 2. The molecule has 11 heteroatoms. The van der Waals surface area contributed by atoms with E-state index in [4.69, 9.17) is 20.8 Å². The largest absolute Gasteiger partial charge is 0.475 e. The lowest BCUT2D eigenvalue weighted by molar-refractivity contribution is 0.274. The van der Waals surface area contributed by atoms with Gasteiger partial charge in [0.2, 0.25) is 11.0 Å². The van der Waals surface area contributed by atoms with Crippen LogP contribution in [0.2, 0.25) is 10.2 Å². The molecule has 0 aliphatic carbocycles. The molecule has 0 fully saturated rings. The molecule has 1 aliphatic heterocycles. The van der Waals surface area contributed by atoms with Crippen molar-refractivity contribution < 1.29 is 17.8 Å². The fraction of sp³-hybridized carbons (Fsp3) is 0.367. The molecule has 216 valence electrons. The maximum Gasteiger partial charge on any atom is 0.261 e. The van der Waals surface area contributed by atoms with Crippen LogP contribution < -0.4 is 20.0 Å². The molecule has 0 saturated heterocycles. The van der Waals surface area contributed by atoms with Crippen molar-refractivity contribution in [1.82, 2.24) is 15.0 Å². The van der Waals surface area contributed by atoms with Crippen LogP contribution in [-0.4, -0.2) is 59.5 Å². The number of hydrogen-bond donors (Lipinski definition) is 0. The summed E-state index contributed by atoms with van der Waals surface area (Å²) in [5.41, 5.74) is -0.0436. The van der Waals surface area contributed by atoms with Gasteiger partial charge in [0.15, 0.2) is 11.0 Å². The molecule has 2 atom stereocenters. The van der Waals surface area contributed by atoms with Gasteiger partial charge in [0, 0.05) is 19.4 Å². The number of benzene rings is 2. The monoisotopic (exact) mass is 612 g/mol. The Labute approximate surface area is 248 Å². The van der Waals surface area contributed by atoms with Crippen molar-refractivity contribution >= 4 is 57.8 Å². The third kappa shape index (κ3) is 5.50. The summed E-state index contributed by atoms with van der Waals surface area (Å²) < 4.78 is 40.5. The van der Waals surface area contributed by atoms with Gasteiger partial charge in [-0.05, 0) is 28.8 Å². The van der Waals surface area contributed by atoms with E-state index in [1.165, 1.54) is 16.6 Å². The van der Waals surface area contributed by atoms with Gasteiger partial charge in [-0.15, -0.1) is 0 Å². The third-order valence-corrected chi connectivity index (χ3v) is 13.5. The molecule has 0 saturated carbocycles. The molecule has 4 aromatic rings. The van der Waals surface area contributed by atoms with Crippen molar-refractivity contribution in [3.05, 3.63) is 71.6 Å². The summed E-state index contributed by atoms with van der Waals surface area (Å²) in [7, 11) is -4.23. The molecular formula is C30H34ClFN4O3SSi. The number of anilines is 1. The molecule has 1 aliphatic rings. The van der Waals surface area contributed by atoms with Crippen LogP contribution in [0.1, 0.15) is 34.1 Å². The van der Waals surface area contributed by atoms with E-state index >= 15 is 4.39 Å². The first-order chi connectivity index (χ1) is 19.5. The molecule has 41 heavy (non-hydrogen) atoms. The molecular weight excluding hydrogens is 579 g/mol. The minimum Gasteiger partial charge on any atom is -0.475 e. The van der Waals surface area contributed by atoms with E-state index in [1.54, 1.807) is 0 Å². The standard InChI is InChI=1S/C30H34ClFN4O3SSi/c1-20-19-38-28-23-25(24(32)26(31)34-28)33-29(40(5)37)35-27(23)36(20)17-12-18-39-41(30(2,3)4,21-13-8-6-9-14-21)22-15-10-7-11-16-22/h6-11,13-16,20H,12,17-19H2,1-5H3/t20-,40?/m0/s1. The molecule has 1 unspecified atom stereocenters. The van der Waals surface area contributed by atoms with Gasteiger partial charge in [0.25, 0.3) is 8.32 Å². The van der Waals surface area contributed by atoms with Crippen molar-refractivity contribution in [2.45, 2.75) is 50.4 Å². The topological polar surface area (TPSA) is 77.4 Å². The van der Waals surface area contributed by atoms with Crippen LogP contribution in [0, 0.1) is 5.82 Å². The zero-order valence-corrected chi connectivity index (χ0v) is 26.4. The summed E-state index contributed by atoms with van der Waals surface area (Å²) in [5.74, 6) is -0.171. The first kappa shape index (κ1) is 29.6. The zero-order chi connectivity index (χ0) is 29.4. The SMILES string of the molecule is C[C@H]1COc2nc(Cl)c(F)c3nc(S(C)=O)nc(c23)N1CCCO[Si](c1ccccc1)(c1ccccc1)C(C)(C)C. The third-order valence-electron chi connectivity index (χ3n) is 7.47. The Bertz CT molecular complexity index is 1530. The van der Waals surface area contributed by atoms with Gasteiger partial charge in [-0.25, -0.2) is 14.4 Å². The summed E-state index contributed by atoms with van der Waals surface area (Å²) >= 11 is 6.06. The molecule has 0 bridgehead atoms. The van der Waals surface area contributed by atoms with Gasteiger partial charge in [-0.1, -0.05) is 93.0 Å². The van der Waals surface area contributed by atoms with E-state index in [0.717, 1.165) is 0 Å². The number of hydrogen-bond acceptors (Lipinski definition) is 7. The predicted octanol–water partition coefficient (Wildman–Crippen LogP) is 5.11. The molecule has 3 heterocycles. The predicted molar refractivity (Wildman–Crippen MR) is 165 cm³/mol. The summed E-state index contributed by atoms with van der Waals surface area (Å²) in [6, 6.07) is 20.9. The lowest BCUT2D eigenvalue weighted by Crippen LogP contribution is -2.66. The molecule has 0 N–H and O–H groups in total. The number of rotatable bonds is 8. The molecule has 5 rings (SSSR count). The Balaban J connectivity index is 1.49. The molecule has 0 spiro atoms. The first-order valence-electron chi connectivity index (χ1n) is 13.6. The average molecular weight is 613 g/mol. The van der Waals surface area contributed by atoms with Crippen molar-refractivity contribution in [2.75, 3.05) is 30.9 Å². The van der Waals surface area contributed by atoms with Crippen molar-refractivity contribution in [2.24, 2.45) is 0 Å². The van der Waals surface area contributed by atoms with Crippen LogP contribution in [-0.2, 0) is 15.2 Å². The smallest absolute Gasteiger partial charge is 0.261 e. The Hall–Kier alpha value is -2.92. The van der Waals surface area contributed by atoms with E-state index in [1.807, 2.05) is 24.0 Å². The van der Waals surface area contributed by atoms with Crippen LogP contribution in [0.3, 0.4) is 0 Å². The normalized spacial score (nSPS) is 16.4. The van der Waals surface area contributed by atoms with E-state index < -0.39 is 24.9 Å². The van der Waals surface area contributed by atoms with Crippen molar-refractivity contribution in [1.29, 1.82) is 0 Å². The van der Waals surface area contributed by atoms with Gasteiger partial charge in [-0.2, -0.15) is 4.98 Å². The van der Waals surface area contributed by atoms with Crippen LogP contribution in [0.5, 0.6) is 5.88 Å². The van der Waals surface area contributed by atoms with E-state index in [2.05, 4.69) is 84.3 Å². The van der Waals surface area contributed by atoms with Crippen molar-refractivity contribution in [3.8, 4) is 5.88 Å². The quantitative estimate of drug-likeness (QED) is 0.118. The number of ether oxygens (including phenoxy) is 1. The lowest BCUT2D eigenvalue weighted by Gasteiger charge is -2.43. The summed E-state index contributed by atoms with van der Waals surface area (Å²) in [6.07, 6.45) is 2.14. The molecule has 2 aromatic heterocycles. The zero-order valence-electron chi connectivity index (χ0n) is 23.9. The molecule has 2 aromatic carbocycles. The average Bonchev–Trinajstić information content (AvgIpc) is 3.08. The van der Waals surface area contributed by atoms with Gasteiger partial charge >= 0.3 is 0 Å². The highest BCUT2D eigenvalue weighted by Gasteiger charge is 2.50. The number of pyridine rings is 1. The summed E-state index contributed by atoms with van der Waals surface area (Å²) in [4.78, 5) is 15.0. The Morgan fingerprint density at radius 1 is 1.07 bits per heavy atom. The van der Waals surface area contributed by atoms with Gasteiger partial charge in [0.05, 0.1) is 16.8 Å². The van der Waals surface area contributed by atoms with Crippen molar-refractivity contribution in [3.63, 3.8) is 0 Å². The van der Waals surface area contributed by atoms with Crippen LogP contribution >= 0.6 is 11.6 Å². The second-order valence-corrected chi connectivity index (χ2v) is 17.2. The van der Waals surface area contributed by atoms with Crippen LogP contribution in [0.25, 0.3) is 10.9 Å². The minimum atomic E-state index is -2.69. The second kappa shape index (κ2) is 11.8. The van der Waals surface area contributed by atoms with E-state index in [-0.39, 0.29) is 32.8 Å². The Kier molecular flexibility index (Phi) is 8.48. The van der Waals surface area contributed by atoms with Gasteiger partial charge < -0.3 is 14.1 Å². The van der Waals surface area contributed by atoms with Gasteiger partial charge in [-0.3, -0.25) is 4.21 Å². The van der Waals surface area contributed by atoms with Crippen LogP contribution in [0.15, 0.2) is 65.8 Å². The minimum absolute atomic E-state index is 0.0299. The fourth-order valence-electron chi connectivity index (χ4n) is 5.56. The highest BCUT2D eigenvalue weighted by Crippen LogP contribution is 2.39. The Morgan fingerprint density at radius 2 is 1.68 bits per heavy atom. The fourth-order valence-corrected chi connectivity index (χ4v) is 10.8. The number of aromatic nitrogens is 3. The van der Waals surface area contributed by atoms with Gasteiger partial charge in [0.1, 0.15) is 23.3 Å². The molecule has 7 nitrogen and oxygen atoms in total. The first-order valence-corrected chi connectivity index (χ1v) is 17.4. The second-order valence-electron chi connectivity index (χ2n) is 11.2. The van der Waals surface area contributed by atoms with E-state index in [0.29, 0.717) is 37.4 Å². The Morgan fingerprint density at radius 3 is 2.24 bits per heavy atom.